The van der Waals surface area contributed by atoms with Crippen molar-refractivity contribution in [2.75, 3.05) is 0 Å². The van der Waals surface area contributed by atoms with Gasteiger partial charge in [0.25, 0.3) is 0 Å². The minimum atomic E-state index is 0.507. The van der Waals surface area contributed by atoms with Gasteiger partial charge in [-0.15, -0.1) is 11.6 Å². The molecule has 0 aliphatic rings. The third-order valence-corrected chi connectivity index (χ3v) is 2.99. The van der Waals surface area contributed by atoms with E-state index >= 15 is 0 Å². The summed E-state index contributed by atoms with van der Waals surface area (Å²) in [5.41, 5.74) is 2.11. The van der Waals surface area contributed by atoms with Crippen LogP contribution in [0.2, 0.25) is 0 Å². The molecule has 0 radical (unpaired) electrons. The standard InChI is InChI=1S/C13H11BrClNO/c14-12-5-11(7-16-8-12)9-17-13-3-1-10(6-15)2-4-13/h1-5,7-8H,6,9H2. The van der Waals surface area contributed by atoms with E-state index in [2.05, 4.69) is 20.9 Å². The molecule has 1 heterocycles. The first-order chi connectivity index (χ1) is 8.28. The molecule has 0 aliphatic heterocycles. The fourth-order valence-corrected chi connectivity index (χ4v) is 1.97. The third-order valence-electron chi connectivity index (χ3n) is 2.24. The molecule has 0 spiro atoms. The van der Waals surface area contributed by atoms with Crippen molar-refractivity contribution in [3.8, 4) is 5.75 Å². The smallest absolute Gasteiger partial charge is 0.119 e. The topological polar surface area (TPSA) is 22.1 Å². The Bertz CT molecular complexity index is 487. The van der Waals surface area contributed by atoms with Crippen LogP contribution in [0, 0.1) is 0 Å². The molecule has 0 amide bonds. The van der Waals surface area contributed by atoms with Crippen LogP contribution in [0.1, 0.15) is 11.1 Å². The van der Waals surface area contributed by atoms with Gasteiger partial charge in [0.05, 0.1) is 0 Å². The summed E-state index contributed by atoms with van der Waals surface area (Å²) in [6.45, 7) is 0.507. The van der Waals surface area contributed by atoms with Crippen molar-refractivity contribution in [2.24, 2.45) is 0 Å². The lowest BCUT2D eigenvalue weighted by Gasteiger charge is -2.06. The zero-order valence-electron chi connectivity index (χ0n) is 9.07. The average molecular weight is 313 g/mol. The highest BCUT2D eigenvalue weighted by Crippen LogP contribution is 2.16. The molecule has 0 bridgehead atoms. The Morgan fingerprint density at radius 2 is 1.88 bits per heavy atom. The maximum Gasteiger partial charge on any atom is 0.119 e. The van der Waals surface area contributed by atoms with E-state index in [0.29, 0.717) is 12.5 Å². The summed E-state index contributed by atoms with van der Waals surface area (Å²) < 4.78 is 6.60. The first-order valence-electron chi connectivity index (χ1n) is 5.15. The fraction of sp³-hybridized carbons (Fsp3) is 0.154. The molecule has 2 nitrogen and oxygen atoms in total. The van der Waals surface area contributed by atoms with E-state index in [0.717, 1.165) is 21.3 Å². The molecule has 0 saturated carbocycles. The van der Waals surface area contributed by atoms with Crippen molar-refractivity contribution in [3.05, 3.63) is 58.3 Å². The number of alkyl halides is 1. The van der Waals surface area contributed by atoms with Crippen LogP contribution in [0.4, 0.5) is 0 Å². The number of ether oxygens (including phenoxy) is 1. The zero-order valence-corrected chi connectivity index (χ0v) is 11.4. The molecule has 2 aromatic rings. The van der Waals surface area contributed by atoms with Gasteiger partial charge in [-0.25, -0.2) is 0 Å². The second kappa shape index (κ2) is 6.03. The second-order valence-corrected chi connectivity index (χ2v) is 4.76. The molecule has 0 fully saturated rings. The van der Waals surface area contributed by atoms with Crippen LogP contribution in [0.25, 0.3) is 0 Å². The van der Waals surface area contributed by atoms with Gasteiger partial charge < -0.3 is 4.74 Å². The summed E-state index contributed by atoms with van der Waals surface area (Å²) in [5.74, 6) is 1.36. The molecule has 4 heteroatoms. The molecule has 0 aliphatic carbocycles. The number of halogens is 2. The molecule has 0 saturated heterocycles. The Kier molecular flexibility index (Phi) is 4.40. The molecular formula is C13H11BrClNO. The number of hydrogen-bond acceptors (Lipinski definition) is 2. The Morgan fingerprint density at radius 1 is 1.12 bits per heavy atom. The highest BCUT2D eigenvalue weighted by molar-refractivity contribution is 9.10. The first kappa shape index (κ1) is 12.4. The number of nitrogens with zero attached hydrogens (tertiary/aromatic N) is 1. The van der Waals surface area contributed by atoms with Crippen molar-refractivity contribution in [1.82, 2.24) is 4.98 Å². The normalized spacial score (nSPS) is 10.2. The molecule has 1 aromatic carbocycles. The van der Waals surface area contributed by atoms with Gasteiger partial charge in [-0.05, 0) is 39.7 Å². The number of hydrogen-bond donors (Lipinski definition) is 0. The van der Waals surface area contributed by atoms with E-state index in [1.165, 1.54) is 0 Å². The van der Waals surface area contributed by atoms with Gasteiger partial charge >= 0.3 is 0 Å². The predicted molar refractivity (Wildman–Crippen MR) is 72.3 cm³/mol. The lowest BCUT2D eigenvalue weighted by molar-refractivity contribution is 0.305. The Morgan fingerprint density at radius 3 is 2.53 bits per heavy atom. The predicted octanol–water partition coefficient (Wildman–Crippen LogP) is 4.16. The molecule has 1 aromatic heterocycles. The van der Waals surface area contributed by atoms with Crippen LogP contribution >= 0.6 is 27.5 Å². The lowest BCUT2D eigenvalue weighted by atomic mass is 10.2. The summed E-state index contributed by atoms with van der Waals surface area (Å²) in [6, 6.07) is 9.75. The first-order valence-corrected chi connectivity index (χ1v) is 6.48. The number of aromatic nitrogens is 1. The maximum absolute atomic E-state index is 5.72. The van der Waals surface area contributed by atoms with Crippen LogP contribution in [-0.2, 0) is 12.5 Å². The second-order valence-electron chi connectivity index (χ2n) is 3.58. The minimum absolute atomic E-state index is 0.507. The quantitative estimate of drug-likeness (QED) is 0.791. The van der Waals surface area contributed by atoms with E-state index in [4.69, 9.17) is 16.3 Å². The van der Waals surface area contributed by atoms with Crippen LogP contribution in [-0.4, -0.2) is 4.98 Å². The Hall–Kier alpha value is -1.06. The van der Waals surface area contributed by atoms with Crippen molar-refractivity contribution in [1.29, 1.82) is 0 Å². The van der Waals surface area contributed by atoms with Crippen molar-refractivity contribution in [3.63, 3.8) is 0 Å². The summed E-state index contributed by atoms with van der Waals surface area (Å²) in [6.07, 6.45) is 3.54. The SMILES string of the molecule is ClCc1ccc(OCc2cncc(Br)c2)cc1. The van der Waals surface area contributed by atoms with Crippen LogP contribution in [0.3, 0.4) is 0 Å². The van der Waals surface area contributed by atoms with Crippen molar-refractivity contribution < 1.29 is 4.74 Å². The lowest BCUT2D eigenvalue weighted by Crippen LogP contribution is -1.96. The number of pyridine rings is 1. The molecule has 0 atom stereocenters. The van der Waals surface area contributed by atoms with E-state index in [1.807, 2.05) is 30.3 Å². The molecule has 17 heavy (non-hydrogen) atoms. The van der Waals surface area contributed by atoms with E-state index in [-0.39, 0.29) is 0 Å². The third kappa shape index (κ3) is 3.72. The van der Waals surface area contributed by atoms with Crippen LogP contribution in [0.15, 0.2) is 47.2 Å². The van der Waals surface area contributed by atoms with Crippen molar-refractivity contribution >= 4 is 27.5 Å². The average Bonchev–Trinajstić information content (AvgIpc) is 2.37. The van der Waals surface area contributed by atoms with Gasteiger partial charge in [0.15, 0.2) is 0 Å². The summed E-state index contributed by atoms with van der Waals surface area (Å²) in [5, 5.41) is 0. The van der Waals surface area contributed by atoms with Crippen LogP contribution < -0.4 is 4.74 Å². The summed E-state index contributed by atoms with van der Waals surface area (Å²) in [4.78, 5) is 4.08. The van der Waals surface area contributed by atoms with Gasteiger partial charge in [-0.3, -0.25) is 4.98 Å². The van der Waals surface area contributed by atoms with Crippen LogP contribution in [0.5, 0.6) is 5.75 Å². The van der Waals surface area contributed by atoms with E-state index in [1.54, 1.807) is 12.4 Å². The Labute approximate surface area is 114 Å². The molecule has 0 N–H and O–H groups in total. The molecular weight excluding hydrogens is 302 g/mol. The summed E-state index contributed by atoms with van der Waals surface area (Å²) >= 11 is 9.09. The van der Waals surface area contributed by atoms with Gasteiger partial charge in [0.2, 0.25) is 0 Å². The van der Waals surface area contributed by atoms with E-state index in [9.17, 15) is 0 Å². The molecule has 2 rings (SSSR count). The maximum atomic E-state index is 5.72. The number of benzene rings is 1. The highest BCUT2D eigenvalue weighted by Gasteiger charge is 1.98. The van der Waals surface area contributed by atoms with Gasteiger partial charge in [-0.1, -0.05) is 12.1 Å². The molecule has 0 unspecified atom stereocenters. The monoisotopic (exact) mass is 311 g/mol. The van der Waals surface area contributed by atoms with Crippen molar-refractivity contribution in [2.45, 2.75) is 12.5 Å². The highest BCUT2D eigenvalue weighted by atomic mass is 79.9. The molecule has 88 valence electrons. The fourth-order valence-electron chi connectivity index (χ4n) is 1.38. The van der Waals surface area contributed by atoms with Gasteiger partial charge in [0.1, 0.15) is 12.4 Å². The Balaban J connectivity index is 1.97. The zero-order chi connectivity index (χ0) is 12.1. The van der Waals surface area contributed by atoms with E-state index < -0.39 is 0 Å². The van der Waals surface area contributed by atoms with Gasteiger partial charge in [-0.2, -0.15) is 0 Å². The largest absolute Gasteiger partial charge is 0.489 e. The van der Waals surface area contributed by atoms with Gasteiger partial charge in [0, 0.05) is 28.3 Å². The minimum Gasteiger partial charge on any atom is -0.489 e. The number of rotatable bonds is 4. The summed E-state index contributed by atoms with van der Waals surface area (Å²) in [7, 11) is 0.